The molecule has 1 amide bonds. The first kappa shape index (κ1) is 22.6. The van der Waals surface area contributed by atoms with Crippen molar-refractivity contribution < 1.29 is 22.7 Å². The van der Waals surface area contributed by atoms with Gasteiger partial charge in [0.25, 0.3) is 5.91 Å². The zero-order valence-corrected chi connectivity index (χ0v) is 17.8. The van der Waals surface area contributed by atoms with Crippen LogP contribution in [0.3, 0.4) is 0 Å². The maximum absolute atomic E-state index is 12.4. The first-order chi connectivity index (χ1) is 13.6. The molecule has 2 aromatic carbocycles. The smallest absolute Gasteiger partial charge is 0.306 e. The van der Waals surface area contributed by atoms with Gasteiger partial charge in [0.05, 0.1) is 4.90 Å². The van der Waals surface area contributed by atoms with E-state index in [1.165, 1.54) is 33.2 Å². The van der Waals surface area contributed by atoms with E-state index in [9.17, 15) is 18.0 Å². The normalized spacial score (nSPS) is 12.4. The van der Waals surface area contributed by atoms with Gasteiger partial charge < -0.3 is 10.1 Å². The number of ether oxygens (including phenoxy) is 1. The van der Waals surface area contributed by atoms with Gasteiger partial charge in [-0.3, -0.25) is 9.59 Å². The maximum Gasteiger partial charge on any atom is 0.306 e. The third-order valence-corrected chi connectivity index (χ3v) is 6.19. The predicted octanol–water partition coefficient (Wildman–Crippen LogP) is 2.75. The number of rotatable bonds is 8. The van der Waals surface area contributed by atoms with Gasteiger partial charge in [-0.1, -0.05) is 36.4 Å². The molecule has 0 aliphatic carbocycles. The molecule has 0 aromatic heterocycles. The lowest BCUT2D eigenvalue weighted by molar-refractivity contribution is -0.153. The number of amides is 1. The van der Waals surface area contributed by atoms with Crippen LogP contribution in [0.25, 0.3) is 0 Å². The molecule has 0 saturated heterocycles. The summed E-state index contributed by atoms with van der Waals surface area (Å²) in [4.78, 5) is 24.5. The van der Waals surface area contributed by atoms with Gasteiger partial charge in [0.1, 0.15) is 0 Å². The van der Waals surface area contributed by atoms with E-state index in [0.717, 1.165) is 9.87 Å². The molecule has 2 aromatic rings. The molecule has 156 valence electrons. The number of nitrogens with zero attached hydrogens (tertiary/aromatic N) is 1. The minimum Gasteiger partial charge on any atom is -0.453 e. The van der Waals surface area contributed by atoms with Gasteiger partial charge in [-0.25, -0.2) is 12.7 Å². The molecule has 1 N–H and O–H groups in total. The number of anilines is 1. The summed E-state index contributed by atoms with van der Waals surface area (Å²) in [7, 11) is -0.758. The number of aryl methyl sites for hydroxylation is 2. The lowest BCUT2D eigenvalue weighted by Crippen LogP contribution is -2.30. The Morgan fingerprint density at radius 1 is 1.10 bits per heavy atom. The van der Waals surface area contributed by atoms with Crippen molar-refractivity contribution in [2.75, 3.05) is 19.4 Å². The molecule has 0 aliphatic rings. The second-order valence-electron chi connectivity index (χ2n) is 6.87. The largest absolute Gasteiger partial charge is 0.453 e. The van der Waals surface area contributed by atoms with Crippen molar-refractivity contribution in [1.29, 1.82) is 0 Å². The van der Waals surface area contributed by atoms with E-state index in [1.807, 2.05) is 30.3 Å². The second-order valence-corrected chi connectivity index (χ2v) is 9.02. The average Bonchev–Trinajstić information content (AvgIpc) is 2.68. The molecule has 0 fully saturated rings. The SMILES string of the molecule is Cc1ccc(S(=O)(=O)N(C)C)cc1NC(=O)C(C)OC(=O)CCc1ccccc1. The lowest BCUT2D eigenvalue weighted by Gasteiger charge is -2.17. The number of benzene rings is 2. The molecule has 0 saturated carbocycles. The molecular formula is C21H26N2O5S. The van der Waals surface area contributed by atoms with Crippen molar-refractivity contribution in [3.63, 3.8) is 0 Å². The van der Waals surface area contributed by atoms with E-state index in [-0.39, 0.29) is 11.3 Å². The highest BCUT2D eigenvalue weighted by Crippen LogP contribution is 2.22. The third kappa shape index (κ3) is 6.13. The highest BCUT2D eigenvalue weighted by Gasteiger charge is 2.21. The molecule has 0 radical (unpaired) electrons. The van der Waals surface area contributed by atoms with Crippen molar-refractivity contribution in [1.82, 2.24) is 4.31 Å². The van der Waals surface area contributed by atoms with Gasteiger partial charge in [-0.2, -0.15) is 0 Å². The van der Waals surface area contributed by atoms with Crippen molar-refractivity contribution in [2.24, 2.45) is 0 Å². The summed E-state index contributed by atoms with van der Waals surface area (Å²) in [5.74, 6) is -1.00. The zero-order valence-electron chi connectivity index (χ0n) is 17.0. The first-order valence-electron chi connectivity index (χ1n) is 9.18. The fourth-order valence-corrected chi connectivity index (χ4v) is 3.47. The van der Waals surface area contributed by atoms with E-state index in [2.05, 4.69) is 5.32 Å². The molecule has 0 spiro atoms. The molecule has 8 heteroatoms. The van der Waals surface area contributed by atoms with Gasteiger partial charge in [-0.15, -0.1) is 0 Å². The van der Waals surface area contributed by atoms with Crippen LogP contribution in [-0.4, -0.2) is 44.8 Å². The molecule has 0 bridgehead atoms. The van der Waals surface area contributed by atoms with E-state index >= 15 is 0 Å². The highest BCUT2D eigenvalue weighted by molar-refractivity contribution is 7.89. The minimum atomic E-state index is -3.63. The van der Waals surface area contributed by atoms with Crippen molar-refractivity contribution >= 4 is 27.6 Å². The van der Waals surface area contributed by atoms with Crippen LogP contribution in [0.15, 0.2) is 53.4 Å². The molecular weight excluding hydrogens is 392 g/mol. The minimum absolute atomic E-state index is 0.0657. The highest BCUT2D eigenvalue weighted by atomic mass is 32.2. The molecule has 7 nitrogen and oxygen atoms in total. The van der Waals surface area contributed by atoms with Crippen molar-refractivity contribution in [2.45, 2.75) is 37.7 Å². The summed E-state index contributed by atoms with van der Waals surface area (Å²) < 4.78 is 30.9. The average molecular weight is 419 g/mol. The van der Waals surface area contributed by atoms with Crippen LogP contribution in [0.4, 0.5) is 5.69 Å². The maximum atomic E-state index is 12.4. The quantitative estimate of drug-likeness (QED) is 0.666. The van der Waals surface area contributed by atoms with Gasteiger partial charge in [0, 0.05) is 26.2 Å². The van der Waals surface area contributed by atoms with Crippen LogP contribution in [0.1, 0.15) is 24.5 Å². The molecule has 0 aliphatic heterocycles. The summed E-state index contributed by atoms with van der Waals surface area (Å²) in [6, 6.07) is 14.0. The van der Waals surface area contributed by atoms with E-state index in [0.29, 0.717) is 17.7 Å². The Hall–Kier alpha value is -2.71. The Bertz CT molecular complexity index is 972. The monoisotopic (exact) mass is 418 g/mol. The second kappa shape index (κ2) is 9.67. The fraction of sp³-hybridized carbons (Fsp3) is 0.333. The Morgan fingerprint density at radius 3 is 2.38 bits per heavy atom. The van der Waals surface area contributed by atoms with E-state index < -0.39 is 28.0 Å². The summed E-state index contributed by atoms with van der Waals surface area (Å²) in [6.45, 7) is 3.23. The number of esters is 1. The first-order valence-corrected chi connectivity index (χ1v) is 10.6. The number of carbonyl (C=O) groups excluding carboxylic acids is 2. The number of hydrogen-bond donors (Lipinski definition) is 1. The Balaban J connectivity index is 1.99. The summed E-state index contributed by atoms with van der Waals surface area (Å²) >= 11 is 0. The van der Waals surface area contributed by atoms with Crippen molar-refractivity contribution in [3.8, 4) is 0 Å². The van der Waals surface area contributed by atoms with Crippen molar-refractivity contribution in [3.05, 3.63) is 59.7 Å². The van der Waals surface area contributed by atoms with Gasteiger partial charge in [0.2, 0.25) is 10.0 Å². The van der Waals surface area contributed by atoms with Gasteiger partial charge >= 0.3 is 5.97 Å². The van der Waals surface area contributed by atoms with Gasteiger partial charge in [-0.05, 0) is 43.5 Å². The standard InChI is InChI=1S/C21H26N2O5S/c1-15-10-12-18(29(26,27)23(3)4)14-19(15)22-21(25)16(2)28-20(24)13-11-17-8-6-5-7-9-17/h5-10,12,14,16H,11,13H2,1-4H3,(H,22,25). The molecule has 29 heavy (non-hydrogen) atoms. The zero-order chi connectivity index (χ0) is 21.6. The van der Waals surface area contributed by atoms with Crippen LogP contribution in [0, 0.1) is 6.92 Å². The van der Waals surface area contributed by atoms with Crippen LogP contribution in [0.5, 0.6) is 0 Å². The molecule has 2 rings (SSSR count). The van der Waals surface area contributed by atoms with E-state index in [4.69, 9.17) is 4.74 Å². The fourth-order valence-electron chi connectivity index (χ4n) is 2.54. The lowest BCUT2D eigenvalue weighted by atomic mass is 10.1. The summed E-state index contributed by atoms with van der Waals surface area (Å²) in [5.41, 5.74) is 2.06. The number of sulfonamides is 1. The van der Waals surface area contributed by atoms with Crippen LogP contribution in [0.2, 0.25) is 0 Å². The Labute approximate surface area is 171 Å². The molecule has 1 atom stereocenters. The number of nitrogens with one attached hydrogen (secondary N) is 1. The molecule has 0 heterocycles. The van der Waals surface area contributed by atoms with Gasteiger partial charge in [0.15, 0.2) is 6.10 Å². The third-order valence-electron chi connectivity index (χ3n) is 4.38. The Kier molecular flexibility index (Phi) is 7.53. The molecule has 1 unspecified atom stereocenters. The Morgan fingerprint density at radius 2 is 1.76 bits per heavy atom. The van der Waals surface area contributed by atoms with Crippen LogP contribution in [-0.2, 0) is 30.8 Å². The van der Waals surface area contributed by atoms with E-state index in [1.54, 1.807) is 13.0 Å². The summed E-state index contributed by atoms with van der Waals surface area (Å²) in [5, 5.41) is 2.64. The predicted molar refractivity (Wildman–Crippen MR) is 111 cm³/mol. The van der Waals surface area contributed by atoms with Crippen LogP contribution < -0.4 is 5.32 Å². The number of hydrogen-bond acceptors (Lipinski definition) is 5. The van der Waals surface area contributed by atoms with Crippen LogP contribution >= 0.6 is 0 Å². The number of carbonyl (C=O) groups is 2. The summed E-state index contributed by atoms with van der Waals surface area (Å²) in [6.07, 6.45) is -0.318. The topological polar surface area (TPSA) is 92.8 Å².